The molecule has 0 aromatic carbocycles. The van der Waals surface area contributed by atoms with Crippen molar-refractivity contribution in [2.24, 2.45) is 0 Å². The van der Waals surface area contributed by atoms with Gasteiger partial charge in [-0.05, 0) is 43.4 Å². The minimum Gasteiger partial charge on any atom is -0.385 e. The van der Waals surface area contributed by atoms with Crippen molar-refractivity contribution in [1.82, 2.24) is 9.88 Å². The summed E-state index contributed by atoms with van der Waals surface area (Å²) in [7, 11) is 1.73. The van der Waals surface area contributed by atoms with Gasteiger partial charge >= 0.3 is 0 Å². The summed E-state index contributed by atoms with van der Waals surface area (Å²) in [4.78, 5) is 0. The van der Waals surface area contributed by atoms with Crippen LogP contribution in [0.25, 0.3) is 0 Å². The largest absolute Gasteiger partial charge is 0.385 e. The van der Waals surface area contributed by atoms with Crippen molar-refractivity contribution in [2.45, 2.75) is 51.6 Å². The quantitative estimate of drug-likeness (QED) is 0.562. The predicted octanol–water partition coefficient (Wildman–Crippen LogP) is 2.92. The van der Waals surface area contributed by atoms with Gasteiger partial charge in [-0.15, -0.1) is 0 Å². The molecule has 2 rings (SSSR count). The van der Waals surface area contributed by atoms with E-state index in [1.807, 2.05) is 0 Å². The van der Waals surface area contributed by atoms with Gasteiger partial charge in [0, 0.05) is 45.3 Å². The maximum Gasteiger partial charge on any atom is 0.0645 e. The summed E-state index contributed by atoms with van der Waals surface area (Å²) in [6, 6.07) is 0.538. The Kier molecular flexibility index (Phi) is 7.27. The van der Waals surface area contributed by atoms with E-state index in [9.17, 15) is 0 Å². The van der Waals surface area contributed by atoms with Crippen LogP contribution < -0.4 is 5.32 Å². The Morgan fingerprint density at radius 1 is 1.24 bits per heavy atom. The molecule has 1 heterocycles. The summed E-state index contributed by atoms with van der Waals surface area (Å²) >= 11 is 0. The van der Waals surface area contributed by atoms with Gasteiger partial charge in [-0.2, -0.15) is 0 Å². The number of hydrogen-bond donors (Lipinski definition) is 1. The van der Waals surface area contributed by atoms with Crippen LogP contribution in [0.4, 0.5) is 0 Å². The summed E-state index contributed by atoms with van der Waals surface area (Å²) < 4.78 is 13.0. The van der Waals surface area contributed by atoms with Crippen LogP contribution in [-0.4, -0.2) is 38.0 Å². The van der Waals surface area contributed by atoms with Crippen LogP contribution in [0, 0.1) is 0 Å². The van der Waals surface area contributed by atoms with Crippen LogP contribution in [0.3, 0.4) is 0 Å². The lowest BCUT2D eigenvalue weighted by atomic mass is 10.0. The number of methoxy groups -OCH3 is 1. The highest BCUT2D eigenvalue weighted by Crippen LogP contribution is 2.29. The van der Waals surface area contributed by atoms with E-state index in [1.54, 1.807) is 7.11 Å². The molecule has 4 heteroatoms. The van der Waals surface area contributed by atoms with E-state index >= 15 is 0 Å². The van der Waals surface area contributed by atoms with E-state index < -0.39 is 0 Å². The Morgan fingerprint density at radius 3 is 2.95 bits per heavy atom. The summed E-state index contributed by atoms with van der Waals surface area (Å²) in [5.41, 5.74) is 3.03. The van der Waals surface area contributed by atoms with E-state index in [0.717, 1.165) is 39.3 Å². The fraction of sp³-hybridized carbons (Fsp3) is 0.765. The van der Waals surface area contributed by atoms with E-state index in [0.29, 0.717) is 6.04 Å². The lowest BCUT2D eigenvalue weighted by Gasteiger charge is -2.15. The van der Waals surface area contributed by atoms with Gasteiger partial charge in [-0.1, -0.05) is 13.3 Å². The van der Waals surface area contributed by atoms with Gasteiger partial charge < -0.3 is 19.4 Å². The highest BCUT2D eigenvalue weighted by Gasteiger charge is 2.19. The van der Waals surface area contributed by atoms with Crippen LogP contribution in [0.5, 0.6) is 0 Å². The molecule has 120 valence electrons. The number of aromatic nitrogens is 1. The average molecular weight is 294 g/mol. The SMILES string of the molecule is CCNC1CCCCc2cn(CCOCCCOC)cc21. The molecule has 1 aliphatic rings. The van der Waals surface area contributed by atoms with Gasteiger partial charge in [-0.3, -0.25) is 0 Å². The van der Waals surface area contributed by atoms with Crippen LogP contribution in [0.15, 0.2) is 12.4 Å². The summed E-state index contributed by atoms with van der Waals surface area (Å²) in [5.74, 6) is 0. The third-order valence-corrected chi connectivity index (χ3v) is 4.14. The van der Waals surface area contributed by atoms with E-state index in [2.05, 4.69) is 29.2 Å². The number of nitrogens with zero attached hydrogens (tertiary/aromatic N) is 1. The first-order valence-corrected chi connectivity index (χ1v) is 8.33. The molecule has 0 amide bonds. The lowest BCUT2D eigenvalue weighted by Crippen LogP contribution is -2.20. The van der Waals surface area contributed by atoms with Gasteiger partial charge in [0.1, 0.15) is 0 Å². The molecule has 0 aliphatic heterocycles. The highest BCUT2D eigenvalue weighted by molar-refractivity contribution is 5.29. The molecule has 21 heavy (non-hydrogen) atoms. The molecule has 1 unspecified atom stereocenters. The average Bonchev–Trinajstić information content (AvgIpc) is 2.80. The second-order valence-electron chi connectivity index (χ2n) is 5.79. The Morgan fingerprint density at radius 2 is 2.14 bits per heavy atom. The molecule has 0 spiro atoms. The van der Waals surface area contributed by atoms with E-state index in [1.165, 1.54) is 36.8 Å². The van der Waals surface area contributed by atoms with E-state index in [4.69, 9.17) is 9.47 Å². The lowest BCUT2D eigenvalue weighted by molar-refractivity contribution is 0.0977. The molecule has 1 aliphatic carbocycles. The molecule has 1 N–H and O–H groups in total. The van der Waals surface area contributed by atoms with Crippen molar-refractivity contribution < 1.29 is 9.47 Å². The normalized spacial score (nSPS) is 18.5. The fourth-order valence-electron chi connectivity index (χ4n) is 3.08. The zero-order chi connectivity index (χ0) is 14.9. The Hall–Kier alpha value is -0.840. The number of hydrogen-bond acceptors (Lipinski definition) is 3. The van der Waals surface area contributed by atoms with Gasteiger partial charge in [0.2, 0.25) is 0 Å². The molecule has 1 aromatic heterocycles. The molecule has 4 nitrogen and oxygen atoms in total. The summed E-state index contributed by atoms with van der Waals surface area (Å²) in [6.45, 7) is 6.52. The Bertz CT molecular complexity index is 403. The minimum absolute atomic E-state index is 0.538. The molecular weight excluding hydrogens is 264 g/mol. The van der Waals surface area contributed by atoms with Gasteiger partial charge in [-0.25, -0.2) is 0 Å². The smallest absolute Gasteiger partial charge is 0.0645 e. The molecule has 0 radical (unpaired) electrons. The molecule has 0 bridgehead atoms. The third kappa shape index (κ3) is 5.13. The second kappa shape index (κ2) is 9.23. The van der Waals surface area contributed by atoms with Crippen LogP contribution in [0.2, 0.25) is 0 Å². The third-order valence-electron chi connectivity index (χ3n) is 4.14. The van der Waals surface area contributed by atoms with Crippen molar-refractivity contribution >= 4 is 0 Å². The maximum absolute atomic E-state index is 5.65. The number of rotatable bonds is 9. The molecular formula is C17H30N2O2. The monoisotopic (exact) mass is 294 g/mol. The van der Waals surface area contributed by atoms with Crippen LogP contribution in [-0.2, 0) is 22.4 Å². The number of nitrogens with one attached hydrogen (secondary N) is 1. The van der Waals surface area contributed by atoms with Gasteiger partial charge in [0.15, 0.2) is 0 Å². The van der Waals surface area contributed by atoms with Crippen LogP contribution >= 0.6 is 0 Å². The van der Waals surface area contributed by atoms with Gasteiger partial charge in [0.25, 0.3) is 0 Å². The highest BCUT2D eigenvalue weighted by atomic mass is 16.5. The second-order valence-corrected chi connectivity index (χ2v) is 5.79. The fourth-order valence-corrected chi connectivity index (χ4v) is 3.08. The first kappa shape index (κ1) is 16.5. The van der Waals surface area contributed by atoms with Gasteiger partial charge in [0.05, 0.1) is 6.61 Å². The van der Waals surface area contributed by atoms with Crippen molar-refractivity contribution in [3.05, 3.63) is 23.5 Å². The first-order valence-electron chi connectivity index (χ1n) is 8.33. The number of aryl methyl sites for hydroxylation is 1. The first-order chi connectivity index (χ1) is 10.3. The maximum atomic E-state index is 5.65. The molecule has 1 aromatic rings. The predicted molar refractivity (Wildman–Crippen MR) is 85.7 cm³/mol. The Balaban J connectivity index is 1.83. The van der Waals surface area contributed by atoms with Crippen molar-refractivity contribution in [1.29, 1.82) is 0 Å². The standard InChI is InChI=1S/C17H30N2O2/c1-3-18-17-8-5-4-7-15-13-19(14-16(15)17)9-12-21-11-6-10-20-2/h13-14,17-18H,3-12H2,1-2H3. The minimum atomic E-state index is 0.538. The number of ether oxygens (including phenoxy) is 2. The van der Waals surface area contributed by atoms with Crippen molar-refractivity contribution in [2.75, 3.05) is 33.5 Å². The molecule has 1 atom stereocenters. The topological polar surface area (TPSA) is 35.4 Å². The molecule has 0 saturated heterocycles. The molecule has 0 fully saturated rings. The summed E-state index contributed by atoms with van der Waals surface area (Å²) in [5, 5.41) is 3.63. The summed E-state index contributed by atoms with van der Waals surface area (Å²) in [6.07, 6.45) is 10.7. The van der Waals surface area contributed by atoms with E-state index in [-0.39, 0.29) is 0 Å². The number of fused-ring (bicyclic) bond motifs is 1. The zero-order valence-corrected chi connectivity index (χ0v) is 13.6. The van der Waals surface area contributed by atoms with Crippen molar-refractivity contribution in [3.8, 4) is 0 Å². The van der Waals surface area contributed by atoms with Crippen molar-refractivity contribution in [3.63, 3.8) is 0 Å². The molecule has 0 saturated carbocycles. The zero-order valence-electron chi connectivity index (χ0n) is 13.6. The van der Waals surface area contributed by atoms with Crippen LogP contribution in [0.1, 0.15) is 49.8 Å². The Labute approximate surface area is 128 Å².